The molecule has 132 valence electrons. The summed E-state index contributed by atoms with van der Waals surface area (Å²) in [4.78, 5) is 24.7. The first-order chi connectivity index (χ1) is 12.1. The minimum Gasteiger partial charge on any atom is -0.468 e. The number of aromatic nitrogens is 2. The lowest BCUT2D eigenvalue weighted by Crippen LogP contribution is -2.36. The molecule has 6 nitrogen and oxygen atoms in total. The third kappa shape index (κ3) is 3.70. The standard InChI is InChI=1S/C18H20FN3O3/c1-25-18(24)14(11-5-7-12(19)8-6-11)9-20-17(23)13-3-2-4-16-15(13)10-21-22-16/h5-8,10,13-14H,2-4,9H2,1H3,(H,20,23)(H,21,22). The number of nitrogens with zero attached hydrogens (tertiary/aromatic N) is 1. The first-order valence-corrected chi connectivity index (χ1v) is 8.23. The summed E-state index contributed by atoms with van der Waals surface area (Å²) in [7, 11) is 1.29. The number of aromatic amines is 1. The van der Waals surface area contributed by atoms with Gasteiger partial charge in [0.25, 0.3) is 0 Å². The lowest BCUT2D eigenvalue weighted by Gasteiger charge is -2.22. The van der Waals surface area contributed by atoms with Gasteiger partial charge >= 0.3 is 5.97 Å². The van der Waals surface area contributed by atoms with Gasteiger partial charge in [0.05, 0.1) is 25.1 Å². The zero-order chi connectivity index (χ0) is 17.8. The van der Waals surface area contributed by atoms with Crippen LogP contribution in [0.15, 0.2) is 30.5 Å². The number of rotatable bonds is 5. The number of hydrogen-bond acceptors (Lipinski definition) is 4. The van der Waals surface area contributed by atoms with Crippen molar-refractivity contribution in [1.29, 1.82) is 0 Å². The highest BCUT2D eigenvalue weighted by Crippen LogP contribution is 2.30. The van der Waals surface area contributed by atoms with E-state index in [4.69, 9.17) is 4.74 Å². The van der Waals surface area contributed by atoms with Crippen LogP contribution >= 0.6 is 0 Å². The maximum absolute atomic E-state index is 13.1. The van der Waals surface area contributed by atoms with Gasteiger partial charge in [-0.3, -0.25) is 14.7 Å². The van der Waals surface area contributed by atoms with Crippen LogP contribution in [-0.2, 0) is 20.7 Å². The van der Waals surface area contributed by atoms with Crippen LogP contribution in [0.4, 0.5) is 4.39 Å². The number of carbonyl (C=O) groups is 2. The highest BCUT2D eigenvalue weighted by molar-refractivity contribution is 5.85. The number of carbonyl (C=O) groups excluding carboxylic acids is 2. The van der Waals surface area contributed by atoms with Crippen molar-refractivity contribution in [2.24, 2.45) is 0 Å². The number of H-pyrrole nitrogens is 1. The Morgan fingerprint density at radius 2 is 2.16 bits per heavy atom. The lowest BCUT2D eigenvalue weighted by molar-refractivity contribution is -0.142. The Bertz CT molecular complexity index is 757. The molecule has 1 aliphatic carbocycles. The first-order valence-electron chi connectivity index (χ1n) is 8.23. The maximum Gasteiger partial charge on any atom is 0.314 e. The average Bonchev–Trinajstić information content (AvgIpc) is 3.11. The molecule has 2 N–H and O–H groups in total. The molecule has 25 heavy (non-hydrogen) atoms. The number of hydrogen-bond donors (Lipinski definition) is 2. The summed E-state index contributed by atoms with van der Waals surface area (Å²) in [5, 5.41) is 9.78. The summed E-state index contributed by atoms with van der Waals surface area (Å²) < 4.78 is 17.9. The van der Waals surface area contributed by atoms with Crippen molar-refractivity contribution < 1.29 is 18.7 Å². The van der Waals surface area contributed by atoms with Crippen LogP contribution in [-0.4, -0.2) is 35.7 Å². The van der Waals surface area contributed by atoms with Gasteiger partial charge in [-0.2, -0.15) is 5.10 Å². The van der Waals surface area contributed by atoms with Crippen molar-refractivity contribution in [3.63, 3.8) is 0 Å². The number of ether oxygens (including phenoxy) is 1. The SMILES string of the molecule is COC(=O)C(CNC(=O)C1CCCc2[nH]ncc21)c1ccc(F)cc1. The van der Waals surface area contributed by atoms with Gasteiger partial charge in [0.2, 0.25) is 5.91 Å². The van der Waals surface area contributed by atoms with Crippen LogP contribution in [0.2, 0.25) is 0 Å². The maximum atomic E-state index is 13.1. The largest absolute Gasteiger partial charge is 0.468 e. The Morgan fingerprint density at radius 3 is 2.88 bits per heavy atom. The van der Waals surface area contributed by atoms with E-state index in [0.717, 1.165) is 30.5 Å². The smallest absolute Gasteiger partial charge is 0.314 e. The number of esters is 1. The van der Waals surface area contributed by atoms with Crippen LogP contribution in [0, 0.1) is 5.82 Å². The molecule has 1 amide bonds. The Kier molecular flexibility index (Phi) is 5.11. The molecule has 3 rings (SSSR count). The van der Waals surface area contributed by atoms with Crippen LogP contribution in [0.3, 0.4) is 0 Å². The van der Waals surface area contributed by atoms with Crippen molar-refractivity contribution in [2.45, 2.75) is 31.1 Å². The monoisotopic (exact) mass is 345 g/mol. The second-order valence-electron chi connectivity index (χ2n) is 6.12. The summed E-state index contributed by atoms with van der Waals surface area (Å²) in [5.74, 6) is -1.94. The fourth-order valence-corrected chi connectivity index (χ4v) is 3.23. The fourth-order valence-electron chi connectivity index (χ4n) is 3.23. The van der Waals surface area contributed by atoms with Gasteiger partial charge in [-0.15, -0.1) is 0 Å². The second kappa shape index (κ2) is 7.46. The number of methoxy groups -OCH3 is 1. The van der Waals surface area contributed by atoms with Crippen molar-refractivity contribution in [1.82, 2.24) is 15.5 Å². The van der Waals surface area contributed by atoms with Gasteiger partial charge in [0.1, 0.15) is 5.82 Å². The lowest BCUT2D eigenvalue weighted by atomic mass is 9.86. The molecule has 2 unspecified atom stereocenters. The molecule has 0 spiro atoms. The minimum absolute atomic E-state index is 0.0980. The highest BCUT2D eigenvalue weighted by atomic mass is 19.1. The number of aryl methyl sites for hydroxylation is 1. The minimum atomic E-state index is -0.679. The van der Waals surface area contributed by atoms with Crippen molar-refractivity contribution >= 4 is 11.9 Å². The molecule has 0 aliphatic heterocycles. The third-order valence-electron chi connectivity index (χ3n) is 4.60. The molecule has 1 aromatic carbocycles. The van der Waals surface area contributed by atoms with Crippen molar-refractivity contribution in [3.8, 4) is 0 Å². The Labute approximate surface area is 144 Å². The molecule has 1 aliphatic rings. The van der Waals surface area contributed by atoms with Crippen LogP contribution in [0.5, 0.6) is 0 Å². The van der Waals surface area contributed by atoms with E-state index in [1.54, 1.807) is 6.20 Å². The highest BCUT2D eigenvalue weighted by Gasteiger charge is 2.29. The summed E-state index contributed by atoms with van der Waals surface area (Å²) >= 11 is 0. The predicted octanol–water partition coefficient (Wildman–Crippen LogP) is 2.04. The normalized spacial score (nSPS) is 17.4. The molecule has 0 radical (unpaired) electrons. The van der Waals surface area contributed by atoms with E-state index in [-0.39, 0.29) is 24.2 Å². The topological polar surface area (TPSA) is 84.1 Å². The molecule has 0 saturated carbocycles. The molecule has 0 saturated heterocycles. The molecular weight excluding hydrogens is 325 g/mol. The van der Waals surface area contributed by atoms with E-state index in [0.29, 0.717) is 5.56 Å². The van der Waals surface area contributed by atoms with E-state index in [1.807, 2.05) is 0 Å². The zero-order valence-corrected chi connectivity index (χ0v) is 13.9. The average molecular weight is 345 g/mol. The summed E-state index contributed by atoms with van der Waals surface area (Å²) in [6.45, 7) is 0.0980. The number of amides is 1. The molecule has 0 fully saturated rings. The molecule has 7 heteroatoms. The number of halogens is 1. The van der Waals surface area contributed by atoms with E-state index in [2.05, 4.69) is 15.5 Å². The number of benzene rings is 1. The van der Waals surface area contributed by atoms with Crippen molar-refractivity contribution in [2.75, 3.05) is 13.7 Å². The van der Waals surface area contributed by atoms with E-state index < -0.39 is 11.9 Å². The van der Waals surface area contributed by atoms with Crippen LogP contribution in [0.25, 0.3) is 0 Å². The van der Waals surface area contributed by atoms with Crippen LogP contribution < -0.4 is 5.32 Å². The zero-order valence-electron chi connectivity index (χ0n) is 13.9. The molecule has 2 aromatic rings. The van der Waals surface area contributed by atoms with Gasteiger partial charge in [0, 0.05) is 17.8 Å². The first kappa shape index (κ1) is 17.1. The number of nitrogens with one attached hydrogen (secondary N) is 2. The van der Waals surface area contributed by atoms with Gasteiger partial charge in [-0.25, -0.2) is 4.39 Å². The summed E-state index contributed by atoms with van der Waals surface area (Å²) in [6, 6.07) is 5.62. The van der Waals surface area contributed by atoms with Crippen molar-refractivity contribution in [3.05, 3.63) is 53.1 Å². The van der Waals surface area contributed by atoms with Crippen LogP contribution in [0.1, 0.15) is 41.5 Å². The third-order valence-corrected chi connectivity index (χ3v) is 4.60. The second-order valence-corrected chi connectivity index (χ2v) is 6.12. The van der Waals surface area contributed by atoms with Gasteiger partial charge < -0.3 is 10.1 Å². The predicted molar refractivity (Wildman–Crippen MR) is 88.4 cm³/mol. The molecule has 1 aromatic heterocycles. The summed E-state index contributed by atoms with van der Waals surface area (Å²) in [6.07, 6.45) is 4.24. The van der Waals surface area contributed by atoms with E-state index >= 15 is 0 Å². The van der Waals surface area contributed by atoms with E-state index in [1.165, 1.54) is 31.4 Å². The molecular formula is C18H20FN3O3. The molecule has 1 heterocycles. The number of fused-ring (bicyclic) bond motifs is 1. The fraction of sp³-hybridized carbons (Fsp3) is 0.389. The molecule has 2 atom stereocenters. The summed E-state index contributed by atoms with van der Waals surface area (Å²) in [5.41, 5.74) is 2.51. The Morgan fingerprint density at radius 1 is 1.40 bits per heavy atom. The van der Waals surface area contributed by atoms with Gasteiger partial charge in [-0.05, 0) is 37.0 Å². The van der Waals surface area contributed by atoms with E-state index in [9.17, 15) is 14.0 Å². The quantitative estimate of drug-likeness (QED) is 0.812. The van der Waals surface area contributed by atoms with Gasteiger partial charge in [-0.1, -0.05) is 12.1 Å². The Hall–Kier alpha value is -2.70. The van der Waals surface area contributed by atoms with Gasteiger partial charge in [0.15, 0.2) is 0 Å². The molecule has 0 bridgehead atoms. The Balaban J connectivity index is 1.70.